The second-order valence-electron chi connectivity index (χ2n) is 5.91. The minimum atomic E-state index is -4.37. The van der Waals surface area contributed by atoms with E-state index in [1.165, 1.54) is 12.1 Å². The third-order valence-corrected chi connectivity index (χ3v) is 5.10. The van der Waals surface area contributed by atoms with Crippen LogP contribution in [0, 0.1) is 0 Å². The average molecular weight is 398 g/mol. The van der Waals surface area contributed by atoms with Crippen molar-refractivity contribution < 1.29 is 13.2 Å². The number of anilines is 1. The number of fused-ring (bicyclic) bond motifs is 1. The highest BCUT2D eigenvalue weighted by molar-refractivity contribution is 6.43. The first-order valence-corrected chi connectivity index (χ1v) is 8.59. The Kier molecular flexibility index (Phi) is 4.12. The molecule has 4 rings (SSSR count). The molecule has 0 amide bonds. The van der Waals surface area contributed by atoms with Crippen molar-refractivity contribution in [1.29, 1.82) is 0 Å². The summed E-state index contributed by atoms with van der Waals surface area (Å²) in [6.07, 6.45) is -3.64. The molecule has 3 aromatic rings. The third-order valence-electron chi connectivity index (χ3n) is 4.30. The zero-order valence-electron chi connectivity index (χ0n) is 13.2. The maximum Gasteiger partial charge on any atom is 0.416 e. The number of nitrogens with one attached hydrogen (secondary N) is 1. The lowest BCUT2D eigenvalue weighted by molar-refractivity contribution is -0.137. The van der Waals surface area contributed by atoms with Crippen molar-refractivity contribution in [2.24, 2.45) is 0 Å². The van der Waals surface area contributed by atoms with E-state index in [1.54, 1.807) is 22.9 Å². The second-order valence-corrected chi connectivity index (χ2v) is 6.70. The number of hydrogen-bond acceptors (Lipinski definition) is 2. The van der Waals surface area contributed by atoms with E-state index in [4.69, 9.17) is 23.2 Å². The molecule has 0 spiro atoms. The minimum absolute atomic E-state index is 0.368. The summed E-state index contributed by atoms with van der Waals surface area (Å²) in [5.41, 5.74) is 2.13. The van der Waals surface area contributed by atoms with Gasteiger partial charge in [0.25, 0.3) is 0 Å². The first-order valence-electron chi connectivity index (χ1n) is 7.84. The molecule has 2 aromatic carbocycles. The highest BCUT2D eigenvalue weighted by Crippen LogP contribution is 2.38. The van der Waals surface area contributed by atoms with Crippen LogP contribution in [0.1, 0.15) is 11.1 Å². The van der Waals surface area contributed by atoms with E-state index >= 15 is 0 Å². The van der Waals surface area contributed by atoms with E-state index in [9.17, 15) is 13.2 Å². The van der Waals surface area contributed by atoms with Crippen molar-refractivity contribution in [2.75, 3.05) is 11.9 Å². The minimum Gasteiger partial charge on any atom is -0.369 e. The standard InChI is InChI=1S/C18H12Cl2F3N3/c19-13-2-1-3-14(15(13)20)26-17-12(8-9-24-17)16(25-26)10-4-6-11(7-5-10)18(21,22)23/h1-7,24H,8-9H2. The van der Waals surface area contributed by atoms with Crippen LogP contribution < -0.4 is 5.32 Å². The SMILES string of the molecule is FC(F)(F)c1ccc(-c2nn(-c3cccc(Cl)c3Cl)c3c2CCN3)cc1. The van der Waals surface area contributed by atoms with E-state index in [0.29, 0.717) is 27.0 Å². The van der Waals surface area contributed by atoms with Gasteiger partial charge in [0.05, 0.1) is 27.0 Å². The maximum atomic E-state index is 12.8. The van der Waals surface area contributed by atoms with Gasteiger partial charge in [-0.3, -0.25) is 0 Å². The number of rotatable bonds is 2. The molecule has 1 aromatic heterocycles. The third kappa shape index (κ3) is 2.83. The van der Waals surface area contributed by atoms with Gasteiger partial charge in [0, 0.05) is 17.7 Å². The summed E-state index contributed by atoms with van der Waals surface area (Å²) in [4.78, 5) is 0. The fraction of sp³-hybridized carbons (Fsp3) is 0.167. The van der Waals surface area contributed by atoms with E-state index in [-0.39, 0.29) is 0 Å². The quantitative estimate of drug-likeness (QED) is 0.589. The zero-order chi connectivity index (χ0) is 18.5. The lowest BCUT2D eigenvalue weighted by atomic mass is 10.0. The van der Waals surface area contributed by atoms with Crippen LogP contribution in [0.2, 0.25) is 10.0 Å². The maximum absolute atomic E-state index is 12.8. The van der Waals surface area contributed by atoms with Crippen LogP contribution in [0.4, 0.5) is 19.0 Å². The van der Waals surface area contributed by atoms with Crippen LogP contribution in [0.5, 0.6) is 0 Å². The Hall–Kier alpha value is -2.18. The van der Waals surface area contributed by atoms with Crippen LogP contribution in [-0.4, -0.2) is 16.3 Å². The van der Waals surface area contributed by atoms with Crippen molar-refractivity contribution in [3.05, 3.63) is 63.6 Å². The first kappa shape index (κ1) is 17.2. The molecule has 0 atom stereocenters. The van der Waals surface area contributed by atoms with Crippen LogP contribution in [0.25, 0.3) is 16.9 Å². The fourth-order valence-electron chi connectivity index (χ4n) is 3.05. The first-order chi connectivity index (χ1) is 12.4. The largest absolute Gasteiger partial charge is 0.416 e. The van der Waals surface area contributed by atoms with Gasteiger partial charge in [0.2, 0.25) is 0 Å². The molecule has 0 fully saturated rings. The molecule has 0 bridgehead atoms. The summed E-state index contributed by atoms with van der Waals surface area (Å²) in [6, 6.07) is 10.2. The summed E-state index contributed by atoms with van der Waals surface area (Å²) >= 11 is 12.4. The lowest BCUT2D eigenvalue weighted by Crippen LogP contribution is -2.05. The Morgan fingerprint density at radius 1 is 1.04 bits per heavy atom. The molecule has 0 saturated heterocycles. The molecule has 2 heterocycles. The normalized spacial score (nSPS) is 13.6. The smallest absolute Gasteiger partial charge is 0.369 e. The van der Waals surface area contributed by atoms with Gasteiger partial charge in [0.15, 0.2) is 0 Å². The Bertz CT molecular complexity index is 979. The molecule has 8 heteroatoms. The van der Waals surface area contributed by atoms with Gasteiger partial charge < -0.3 is 5.32 Å². The van der Waals surface area contributed by atoms with Crippen LogP contribution in [0.3, 0.4) is 0 Å². The molecule has 0 unspecified atom stereocenters. The van der Waals surface area contributed by atoms with Crippen LogP contribution >= 0.6 is 23.2 Å². The lowest BCUT2D eigenvalue weighted by Gasteiger charge is -2.09. The Morgan fingerprint density at radius 2 is 1.77 bits per heavy atom. The fourth-order valence-corrected chi connectivity index (χ4v) is 3.43. The number of alkyl halides is 3. The Labute approximate surface area is 157 Å². The predicted molar refractivity (Wildman–Crippen MR) is 96.2 cm³/mol. The number of halogens is 5. The van der Waals surface area contributed by atoms with E-state index in [1.807, 2.05) is 0 Å². The van der Waals surface area contributed by atoms with Crippen LogP contribution in [-0.2, 0) is 12.6 Å². The van der Waals surface area contributed by atoms with E-state index < -0.39 is 11.7 Å². The molecular weight excluding hydrogens is 386 g/mol. The second kappa shape index (κ2) is 6.21. The van der Waals surface area contributed by atoms with Gasteiger partial charge >= 0.3 is 6.18 Å². The Balaban J connectivity index is 1.83. The summed E-state index contributed by atoms with van der Waals surface area (Å²) in [5.74, 6) is 0.782. The summed E-state index contributed by atoms with van der Waals surface area (Å²) in [5, 5.41) is 8.63. The van der Waals surface area contributed by atoms with Gasteiger partial charge in [0.1, 0.15) is 5.82 Å². The van der Waals surface area contributed by atoms with Gasteiger partial charge in [-0.05, 0) is 30.7 Å². The molecule has 0 saturated carbocycles. The number of hydrogen-bond donors (Lipinski definition) is 1. The van der Waals surface area contributed by atoms with Crippen molar-refractivity contribution in [3.63, 3.8) is 0 Å². The number of nitrogens with zero attached hydrogens (tertiary/aromatic N) is 2. The summed E-state index contributed by atoms with van der Waals surface area (Å²) in [6.45, 7) is 0.721. The van der Waals surface area contributed by atoms with Gasteiger partial charge in [-0.2, -0.15) is 18.3 Å². The van der Waals surface area contributed by atoms with Gasteiger partial charge in [-0.1, -0.05) is 41.4 Å². The highest BCUT2D eigenvalue weighted by atomic mass is 35.5. The van der Waals surface area contributed by atoms with Crippen LogP contribution in [0.15, 0.2) is 42.5 Å². The van der Waals surface area contributed by atoms with E-state index in [2.05, 4.69) is 10.4 Å². The summed E-state index contributed by atoms with van der Waals surface area (Å²) < 4.78 is 40.0. The van der Waals surface area contributed by atoms with Gasteiger partial charge in [-0.15, -0.1) is 0 Å². The molecule has 1 aliphatic rings. The zero-order valence-corrected chi connectivity index (χ0v) is 14.8. The molecule has 1 N–H and O–H groups in total. The van der Waals surface area contributed by atoms with Crippen molar-refractivity contribution >= 4 is 29.0 Å². The van der Waals surface area contributed by atoms with Crippen molar-refractivity contribution in [1.82, 2.24) is 9.78 Å². The predicted octanol–water partition coefficient (Wildman–Crippen LogP) is 5.83. The molecule has 3 nitrogen and oxygen atoms in total. The molecule has 1 aliphatic heterocycles. The van der Waals surface area contributed by atoms with Crippen molar-refractivity contribution in [3.8, 4) is 16.9 Å². The van der Waals surface area contributed by atoms with Gasteiger partial charge in [-0.25, -0.2) is 4.68 Å². The monoisotopic (exact) mass is 397 g/mol. The molecule has 0 aliphatic carbocycles. The number of benzene rings is 2. The number of aromatic nitrogens is 2. The summed E-state index contributed by atoms with van der Waals surface area (Å²) in [7, 11) is 0. The van der Waals surface area contributed by atoms with Crippen molar-refractivity contribution in [2.45, 2.75) is 12.6 Å². The average Bonchev–Trinajstić information content (AvgIpc) is 3.19. The molecule has 134 valence electrons. The van der Waals surface area contributed by atoms with E-state index in [0.717, 1.165) is 36.5 Å². The highest BCUT2D eigenvalue weighted by Gasteiger charge is 2.31. The molecule has 0 radical (unpaired) electrons. The Morgan fingerprint density at radius 3 is 2.46 bits per heavy atom. The molecule has 26 heavy (non-hydrogen) atoms. The topological polar surface area (TPSA) is 29.9 Å². The molecular formula is C18H12Cl2F3N3.